The molecule has 3 N–H and O–H groups in total. The van der Waals surface area contributed by atoms with Crippen LogP contribution >= 0.6 is 0 Å². The molecule has 1 amide bonds. The number of nitrogens with zero attached hydrogens (tertiary/aromatic N) is 1. The predicted molar refractivity (Wildman–Crippen MR) is 62.4 cm³/mol. The van der Waals surface area contributed by atoms with Crippen LogP contribution in [0.5, 0.6) is 0 Å². The van der Waals surface area contributed by atoms with Crippen LogP contribution in [0.15, 0.2) is 18.3 Å². The lowest BCUT2D eigenvalue weighted by Gasteiger charge is -2.16. The normalized spacial score (nSPS) is 11.9. The number of anilines is 1. The molecule has 16 heavy (non-hydrogen) atoms. The van der Waals surface area contributed by atoms with E-state index in [4.69, 9.17) is 5.11 Å². The smallest absolute Gasteiger partial charge is 0.254 e. The second-order valence-electron chi connectivity index (χ2n) is 3.41. The van der Waals surface area contributed by atoms with Crippen molar-refractivity contribution >= 4 is 11.7 Å². The molecule has 0 aliphatic heterocycles. The van der Waals surface area contributed by atoms with Crippen LogP contribution in [0.3, 0.4) is 0 Å². The van der Waals surface area contributed by atoms with Gasteiger partial charge in [0, 0.05) is 13.2 Å². The Morgan fingerprint density at radius 1 is 1.62 bits per heavy atom. The number of aliphatic hydroxyl groups excluding tert-OH is 1. The molecule has 1 aromatic rings. The molecule has 1 heterocycles. The minimum Gasteiger partial charge on any atom is -0.394 e. The van der Waals surface area contributed by atoms with Crippen LogP contribution in [0.1, 0.15) is 23.7 Å². The molecule has 0 saturated carbocycles. The number of aromatic nitrogens is 1. The summed E-state index contributed by atoms with van der Waals surface area (Å²) in [7, 11) is 1.57. The van der Waals surface area contributed by atoms with Crippen molar-refractivity contribution in [2.24, 2.45) is 0 Å². The Morgan fingerprint density at radius 3 is 2.94 bits per heavy atom. The van der Waals surface area contributed by atoms with Crippen LogP contribution in [0, 0.1) is 0 Å². The predicted octanol–water partition coefficient (Wildman–Crippen LogP) is 0.624. The molecule has 0 saturated heterocycles. The van der Waals surface area contributed by atoms with Gasteiger partial charge in [-0.2, -0.15) is 0 Å². The highest BCUT2D eigenvalue weighted by Gasteiger charge is 2.13. The topological polar surface area (TPSA) is 74.2 Å². The molecular formula is C11H17N3O2. The van der Waals surface area contributed by atoms with Crippen LogP contribution in [-0.4, -0.2) is 35.7 Å². The number of hydrogen-bond donors (Lipinski definition) is 3. The molecule has 0 fully saturated rings. The standard InChI is InChI=1S/C11H17N3O2/c1-3-8(7-15)14-10-9(11(16)12-2)5-4-6-13-10/h4-6,8,15H,3,7H2,1-2H3,(H,12,16)(H,13,14)/t8-/m1/s1. The minimum absolute atomic E-state index is 0.0141. The average Bonchev–Trinajstić information content (AvgIpc) is 2.35. The minimum atomic E-state index is -0.191. The first kappa shape index (κ1) is 12.4. The Morgan fingerprint density at radius 2 is 2.38 bits per heavy atom. The van der Waals surface area contributed by atoms with Crippen molar-refractivity contribution in [1.82, 2.24) is 10.3 Å². The van der Waals surface area contributed by atoms with E-state index in [1.807, 2.05) is 6.92 Å². The second-order valence-corrected chi connectivity index (χ2v) is 3.41. The fraction of sp³-hybridized carbons (Fsp3) is 0.455. The third-order valence-corrected chi connectivity index (χ3v) is 2.33. The van der Waals surface area contributed by atoms with E-state index in [0.29, 0.717) is 11.4 Å². The summed E-state index contributed by atoms with van der Waals surface area (Å²) in [5, 5.41) is 14.7. The third kappa shape index (κ3) is 2.93. The number of carbonyl (C=O) groups is 1. The lowest BCUT2D eigenvalue weighted by Crippen LogP contribution is -2.26. The monoisotopic (exact) mass is 223 g/mol. The maximum atomic E-state index is 11.5. The largest absolute Gasteiger partial charge is 0.394 e. The van der Waals surface area contributed by atoms with E-state index in [1.54, 1.807) is 25.4 Å². The second kappa shape index (κ2) is 6.07. The number of aliphatic hydroxyl groups is 1. The Bertz CT molecular complexity index is 351. The van der Waals surface area contributed by atoms with Gasteiger partial charge in [-0.15, -0.1) is 0 Å². The maximum absolute atomic E-state index is 11.5. The van der Waals surface area contributed by atoms with E-state index in [2.05, 4.69) is 15.6 Å². The molecular weight excluding hydrogens is 206 g/mol. The molecule has 0 spiro atoms. The molecule has 1 rings (SSSR count). The highest BCUT2D eigenvalue weighted by molar-refractivity contribution is 5.98. The Hall–Kier alpha value is -1.62. The molecule has 0 aromatic carbocycles. The zero-order chi connectivity index (χ0) is 12.0. The quantitative estimate of drug-likeness (QED) is 0.684. The fourth-order valence-electron chi connectivity index (χ4n) is 1.31. The van der Waals surface area contributed by atoms with E-state index < -0.39 is 0 Å². The highest BCUT2D eigenvalue weighted by atomic mass is 16.3. The summed E-state index contributed by atoms with van der Waals surface area (Å²) >= 11 is 0. The van der Waals surface area contributed by atoms with Crippen molar-refractivity contribution in [1.29, 1.82) is 0 Å². The van der Waals surface area contributed by atoms with E-state index in [9.17, 15) is 4.79 Å². The van der Waals surface area contributed by atoms with Crippen molar-refractivity contribution in [2.75, 3.05) is 19.0 Å². The first-order valence-corrected chi connectivity index (χ1v) is 5.27. The van der Waals surface area contributed by atoms with Gasteiger partial charge in [0.05, 0.1) is 18.2 Å². The molecule has 0 aliphatic rings. The molecule has 5 heteroatoms. The summed E-state index contributed by atoms with van der Waals surface area (Å²) in [4.78, 5) is 15.6. The van der Waals surface area contributed by atoms with E-state index >= 15 is 0 Å². The van der Waals surface area contributed by atoms with Crippen LogP contribution < -0.4 is 10.6 Å². The number of amides is 1. The van der Waals surface area contributed by atoms with Gasteiger partial charge in [0.25, 0.3) is 5.91 Å². The average molecular weight is 223 g/mol. The summed E-state index contributed by atoms with van der Waals surface area (Å²) in [6.45, 7) is 1.97. The molecule has 1 aromatic heterocycles. The summed E-state index contributed by atoms with van der Waals surface area (Å²) < 4.78 is 0. The Labute approximate surface area is 94.9 Å². The molecule has 88 valence electrons. The first-order chi connectivity index (χ1) is 7.72. The summed E-state index contributed by atoms with van der Waals surface area (Å²) in [6, 6.07) is 3.31. The number of carbonyl (C=O) groups excluding carboxylic acids is 1. The summed E-state index contributed by atoms with van der Waals surface area (Å²) in [6.07, 6.45) is 2.37. The number of rotatable bonds is 5. The molecule has 0 aliphatic carbocycles. The number of pyridine rings is 1. The van der Waals surface area contributed by atoms with Gasteiger partial charge in [-0.3, -0.25) is 4.79 Å². The van der Waals surface area contributed by atoms with Gasteiger partial charge in [-0.1, -0.05) is 6.92 Å². The SMILES string of the molecule is CC[C@H](CO)Nc1ncccc1C(=O)NC. The molecule has 1 atom stereocenters. The highest BCUT2D eigenvalue weighted by Crippen LogP contribution is 2.13. The number of nitrogens with one attached hydrogen (secondary N) is 2. The number of hydrogen-bond acceptors (Lipinski definition) is 4. The third-order valence-electron chi connectivity index (χ3n) is 2.33. The molecule has 0 radical (unpaired) electrons. The zero-order valence-electron chi connectivity index (χ0n) is 9.53. The van der Waals surface area contributed by atoms with Gasteiger partial charge in [0.1, 0.15) is 5.82 Å². The van der Waals surface area contributed by atoms with Crippen LogP contribution in [0.25, 0.3) is 0 Å². The van der Waals surface area contributed by atoms with Crippen molar-refractivity contribution in [3.8, 4) is 0 Å². The lowest BCUT2D eigenvalue weighted by molar-refractivity contribution is 0.0963. The van der Waals surface area contributed by atoms with Crippen molar-refractivity contribution in [3.63, 3.8) is 0 Å². The van der Waals surface area contributed by atoms with Gasteiger partial charge < -0.3 is 15.7 Å². The Kier molecular flexibility index (Phi) is 4.72. The van der Waals surface area contributed by atoms with E-state index in [0.717, 1.165) is 6.42 Å². The summed E-state index contributed by atoms with van der Waals surface area (Å²) in [5.41, 5.74) is 0.483. The van der Waals surface area contributed by atoms with Crippen molar-refractivity contribution in [3.05, 3.63) is 23.9 Å². The van der Waals surface area contributed by atoms with Crippen molar-refractivity contribution < 1.29 is 9.90 Å². The summed E-state index contributed by atoms with van der Waals surface area (Å²) in [5.74, 6) is 0.311. The van der Waals surface area contributed by atoms with Gasteiger partial charge >= 0.3 is 0 Å². The molecule has 0 unspecified atom stereocenters. The van der Waals surface area contributed by atoms with E-state index in [1.165, 1.54) is 0 Å². The molecule has 0 bridgehead atoms. The van der Waals surface area contributed by atoms with Crippen LogP contribution in [0.2, 0.25) is 0 Å². The fourth-order valence-corrected chi connectivity index (χ4v) is 1.31. The van der Waals surface area contributed by atoms with Crippen LogP contribution in [0.4, 0.5) is 5.82 Å². The van der Waals surface area contributed by atoms with Gasteiger partial charge in [-0.25, -0.2) is 4.98 Å². The van der Waals surface area contributed by atoms with Crippen LogP contribution in [-0.2, 0) is 0 Å². The first-order valence-electron chi connectivity index (χ1n) is 5.27. The van der Waals surface area contributed by atoms with Gasteiger partial charge in [-0.05, 0) is 18.6 Å². The van der Waals surface area contributed by atoms with Gasteiger partial charge in [0.15, 0.2) is 0 Å². The lowest BCUT2D eigenvalue weighted by atomic mass is 10.2. The zero-order valence-corrected chi connectivity index (χ0v) is 9.53. The Balaban J connectivity index is 2.90. The maximum Gasteiger partial charge on any atom is 0.254 e. The van der Waals surface area contributed by atoms with E-state index in [-0.39, 0.29) is 18.6 Å². The van der Waals surface area contributed by atoms with Gasteiger partial charge in [0.2, 0.25) is 0 Å². The molecule has 5 nitrogen and oxygen atoms in total. The van der Waals surface area contributed by atoms with Crippen molar-refractivity contribution in [2.45, 2.75) is 19.4 Å².